The summed E-state index contributed by atoms with van der Waals surface area (Å²) in [5.74, 6) is -0.108. The first kappa shape index (κ1) is 15.7. The third-order valence-corrected chi connectivity index (χ3v) is 4.26. The highest BCUT2D eigenvalue weighted by atomic mass is 32.2. The van der Waals surface area contributed by atoms with Crippen LogP contribution in [0.1, 0.15) is 37.6 Å². The van der Waals surface area contributed by atoms with Crippen molar-refractivity contribution in [2.75, 3.05) is 0 Å². The fourth-order valence-electron chi connectivity index (χ4n) is 1.68. The SMILES string of the molecule is CCC(C)C(C)NC(=O)c1ccccc1S(N)(=O)=O. The zero-order chi connectivity index (χ0) is 14.6. The van der Waals surface area contributed by atoms with Crippen LogP contribution in [0.25, 0.3) is 0 Å². The number of carbonyl (C=O) groups excluding carboxylic acids is 1. The smallest absolute Gasteiger partial charge is 0.252 e. The Morgan fingerprint density at radius 2 is 1.89 bits per heavy atom. The van der Waals surface area contributed by atoms with Crippen LogP contribution in [0.2, 0.25) is 0 Å². The van der Waals surface area contributed by atoms with Crippen LogP contribution in [-0.4, -0.2) is 20.4 Å². The second-order valence-corrected chi connectivity index (χ2v) is 6.22. The predicted octanol–water partition coefficient (Wildman–Crippen LogP) is 1.50. The topological polar surface area (TPSA) is 89.3 Å². The summed E-state index contributed by atoms with van der Waals surface area (Å²) in [7, 11) is -3.90. The van der Waals surface area contributed by atoms with Gasteiger partial charge in [0.15, 0.2) is 0 Å². The van der Waals surface area contributed by atoms with E-state index in [-0.39, 0.29) is 16.5 Å². The van der Waals surface area contributed by atoms with E-state index in [2.05, 4.69) is 5.32 Å². The number of rotatable bonds is 5. The second kappa shape index (κ2) is 6.16. The molecule has 0 saturated heterocycles. The molecule has 1 aromatic carbocycles. The lowest BCUT2D eigenvalue weighted by Crippen LogP contribution is -2.37. The lowest BCUT2D eigenvalue weighted by molar-refractivity contribution is 0.0924. The van der Waals surface area contributed by atoms with Gasteiger partial charge in [-0.15, -0.1) is 0 Å². The van der Waals surface area contributed by atoms with Crippen molar-refractivity contribution >= 4 is 15.9 Å². The van der Waals surface area contributed by atoms with E-state index in [1.165, 1.54) is 18.2 Å². The molecule has 0 aliphatic heterocycles. The van der Waals surface area contributed by atoms with Crippen LogP contribution in [0.4, 0.5) is 0 Å². The van der Waals surface area contributed by atoms with Gasteiger partial charge in [0.1, 0.15) is 0 Å². The summed E-state index contributed by atoms with van der Waals surface area (Å²) < 4.78 is 22.9. The van der Waals surface area contributed by atoms with Crippen molar-refractivity contribution in [3.63, 3.8) is 0 Å². The molecule has 0 aromatic heterocycles. The summed E-state index contributed by atoms with van der Waals surface area (Å²) in [4.78, 5) is 12.0. The van der Waals surface area contributed by atoms with Gasteiger partial charge in [0.25, 0.3) is 5.91 Å². The minimum absolute atomic E-state index is 0.0361. The van der Waals surface area contributed by atoms with Gasteiger partial charge in [0.2, 0.25) is 10.0 Å². The van der Waals surface area contributed by atoms with Gasteiger partial charge < -0.3 is 5.32 Å². The third-order valence-electron chi connectivity index (χ3n) is 3.29. The van der Waals surface area contributed by atoms with Crippen LogP contribution in [0.15, 0.2) is 29.2 Å². The van der Waals surface area contributed by atoms with E-state index in [9.17, 15) is 13.2 Å². The molecule has 0 heterocycles. The van der Waals surface area contributed by atoms with Gasteiger partial charge in [-0.25, -0.2) is 13.6 Å². The molecule has 0 aliphatic rings. The fraction of sp³-hybridized carbons (Fsp3) is 0.462. The van der Waals surface area contributed by atoms with Gasteiger partial charge >= 0.3 is 0 Å². The summed E-state index contributed by atoms with van der Waals surface area (Å²) in [5, 5.41) is 7.90. The minimum atomic E-state index is -3.90. The maximum atomic E-state index is 12.1. The Morgan fingerprint density at radius 1 is 1.32 bits per heavy atom. The quantitative estimate of drug-likeness (QED) is 0.858. The van der Waals surface area contributed by atoms with Gasteiger partial charge in [-0.3, -0.25) is 4.79 Å². The summed E-state index contributed by atoms with van der Waals surface area (Å²) in [5.41, 5.74) is 0.0835. The van der Waals surface area contributed by atoms with E-state index in [4.69, 9.17) is 5.14 Å². The van der Waals surface area contributed by atoms with Crippen molar-refractivity contribution < 1.29 is 13.2 Å². The number of carbonyl (C=O) groups is 1. The molecule has 5 nitrogen and oxygen atoms in total. The van der Waals surface area contributed by atoms with Crippen molar-refractivity contribution in [3.05, 3.63) is 29.8 Å². The Hall–Kier alpha value is -1.40. The first-order chi connectivity index (χ1) is 8.77. The molecule has 6 heteroatoms. The number of hydrogen-bond acceptors (Lipinski definition) is 3. The minimum Gasteiger partial charge on any atom is -0.349 e. The lowest BCUT2D eigenvalue weighted by Gasteiger charge is -2.20. The van der Waals surface area contributed by atoms with Crippen LogP contribution in [0, 0.1) is 5.92 Å². The first-order valence-electron chi connectivity index (χ1n) is 6.20. The molecule has 106 valence electrons. The van der Waals surface area contributed by atoms with Gasteiger partial charge in [-0.05, 0) is 25.0 Å². The Kier molecular flexibility index (Phi) is 5.08. The third kappa shape index (κ3) is 4.04. The Morgan fingerprint density at radius 3 is 2.42 bits per heavy atom. The molecular weight excluding hydrogens is 264 g/mol. The standard InChI is InChI=1S/C13H20N2O3S/c1-4-9(2)10(3)15-13(16)11-7-5-6-8-12(11)19(14,17)18/h5-10H,4H2,1-3H3,(H,15,16)(H2,14,17,18). The van der Waals surface area contributed by atoms with E-state index in [0.29, 0.717) is 5.92 Å². The number of nitrogens with two attached hydrogens (primary N) is 1. The van der Waals surface area contributed by atoms with Crippen LogP contribution < -0.4 is 10.5 Å². The fourth-order valence-corrected chi connectivity index (χ4v) is 2.42. The zero-order valence-corrected chi connectivity index (χ0v) is 12.2. The van der Waals surface area contributed by atoms with Crippen molar-refractivity contribution in [1.82, 2.24) is 5.32 Å². The molecule has 19 heavy (non-hydrogen) atoms. The number of primary sulfonamides is 1. The van der Waals surface area contributed by atoms with E-state index in [0.717, 1.165) is 6.42 Å². The molecular formula is C13H20N2O3S. The van der Waals surface area contributed by atoms with Crippen LogP contribution >= 0.6 is 0 Å². The van der Waals surface area contributed by atoms with E-state index < -0.39 is 15.9 Å². The van der Waals surface area contributed by atoms with E-state index >= 15 is 0 Å². The normalized spacial score (nSPS) is 14.7. The van der Waals surface area contributed by atoms with Gasteiger partial charge in [-0.2, -0.15) is 0 Å². The molecule has 0 saturated carbocycles. The molecule has 0 aliphatic carbocycles. The van der Waals surface area contributed by atoms with Crippen molar-refractivity contribution in [2.24, 2.45) is 11.1 Å². The molecule has 0 bridgehead atoms. The molecule has 3 N–H and O–H groups in total. The predicted molar refractivity (Wildman–Crippen MR) is 74.2 cm³/mol. The molecule has 1 rings (SSSR count). The Balaban J connectivity index is 3.02. The maximum Gasteiger partial charge on any atom is 0.252 e. The number of hydrogen-bond donors (Lipinski definition) is 2. The number of nitrogens with one attached hydrogen (secondary N) is 1. The van der Waals surface area contributed by atoms with Gasteiger partial charge in [-0.1, -0.05) is 32.4 Å². The van der Waals surface area contributed by atoms with Crippen molar-refractivity contribution in [1.29, 1.82) is 0 Å². The van der Waals surface area contributed by atoms with Crippen molar-refractivity contribution in [3.8, 4) is 0 Å². The largest absolute Gasteiger partial charge is 0.349 e. The van der Waals surface area contributed by atoms with Gasteiger partial charge in [0.05, 0.1) is 10.5 Å². The maximum absolute atomic E-state index is 12.1. The Bertz CT molecular complexity index is 555. The van der Waals surface area contributed by atoms with E-state index in [1.54, 1.807) is 6.07 Å². The summed E-state index contributed by atoms with van der Waals surface area (Å²) in [6.07, 6.45) is 0.929. The van der Waals surface area contributed by atoms with E-state index in [1.807, 2.05) is 20.8 Å². The molecule has 0 radical (unpaired) electrons. The van der Waals surface area contributed by atoms with Crippen LogP contribution in [0.3, 0.4) is 0 Å². The van der Waals surface area contributed by atoms with Crippen LogP contribution in [-0.2, 0) is 10.0 Å². The molecule has 0 fully saturated rings. The summed E-state index contributed by atoms with van der Waals surface area (Å²) in [6.45, 7) is 5.95. The highest BCUT2D eigenvalue weighted by molar-refractivity contribution is 7.89. The molecule has 2 unspecified atom stereocenters. The summed E-state index contributed by atoms with van der Waals surface area (Å²) >= 11 is 0. The lowest BCUT2D eigenvalue weighted by atomic mass is 10.0. The molecule has 0 spiro atoms. The Labute approximate surface area is 114 Å². The second-order valence-electron chi connectivity index (χ2n) is 4.69. The average molecular weight is 284 g/mol. The summed E-state index contributed by atoms with van der Waals surface area (Å²) in [6, 6.07) is 5.90. The monoisotopic (exact) mass is 284 g/mol. The van der Waals surface area contributed by atoms with Gasteiger partial charge in [0, 0.05) is 6.04 Å². The van der Waals surface area contributed by atoms with Crippen molar-refractivity contribution in [2.45, 2.75) is 38.1 Å². The number of sulfonamides is 1. The highest BCUT2D eigenvalue weighted by Crippen LogP contribution is 2.15. The zero-order valence-electron chi connectivity index (χ0n) is 11.4. The average Bonchev–Trinajstić information content (AvgIpc) is 2.36. The molecule has 1 aromatic rings. The first-order valence-corrected chi connectivity index (χ1v) is 7.74. The molecule has 2 atom stereocenters. The number of benzene rings is 1. The number of amides is 1. The van der Waals surface area contributed by atoms with Crippen LogP contribution in [0.5, 0.6) is 0 Å². The molecule has 1 amide bonds. The highest BCUT2D eigenvalue weighted by Gasteiger charge is 2.21.